The molecule has 0 saturated heterocycles. The van der Waals surface area contributed by atoms with E-state index >= 15 is 0 Å². The fourth-order valence-electron chi connectivity index (χ4n) is 2.96. The number of nitrogens with zero attached hydrogens (tertiary/aromatic N) is 1. The van der Waals surface area contributed by atoms with Crippen LogP contribution in [0.3, 0.4) is 0 Å². The summed E-state index contributed by atoms with van der Waals surface area (Å²) in [5, 5.41) is 2.16. The van der Waals surface area contributed by atoms with E-state index in [1.165, 1.54) is 4.90 Å². The molecule has 1 heterocycles. The van der Waals surface area contributed by atoms with Crippen LogP contribution in [0, 0.1) is 0 Å². The van der Waals surface area contributed by atoms with Gasteiger partial charge in [0.05, 0.1) is 11.1 Å². The number of fused-ring (bicyclic) bond motifs is 1. The van der Waals surface area contributed by atoms with E-state index in [0.29, 0.717) is 30.8 Å². The Labute approximate surface area is 150 Å². The van der Waals surface area contributed by atoms with Crippen LogP contribution in [0.5, 0.6) is 0 Å². The molecule has 144 valence electrons. The third-order valence-electron chi connectivity index (χ3n) is 4.19. The number of para-hydroxylation sites is 1. The van der Waals surface area contributed by atoms with Gasteiger partial charge in [0, 0.05) is 17.9 Å². The van der Waals surface area contributed by atoms with E-state index in [0.717, 1.165) is 12.0 Å². The summed E-state index contributed by atoms with van der Waals surface area (Å²) in [5.41, 5.74) is -2.05. The Morgan fingerprint density at radius 1 is 0.926 bits per heavy atom. The van der Waals surface area contributed by atoms with Gasteiger partial charge in [0.25, 0.3) is 0 Å². The van der Waals surface area contributed by atoms with Crippen molar-refractivity contribution in [1.82, 2.24) is 0 Å². The smallest absolute Gasteiger partial charge is 0.308 e. The van der Waals surface area contributed by atoms with E-state index in [9.17, 15) is 31.1 Å². The Balaban J connectivity index is 1.93. The highest BCUT2D eigenvalue weighted by molar-refractivity contribution is 6.02. The molecule has 0 fully saturated rings. The van der Waals surface area contributed by atoms with Crippen LogP contribution in [0.2, 0.25) is 0 Å². The predicted octanol–water partition coefficient (Wildman–Crippen LogP) is 5.71. The van der Waals surface area contributed by atoms with Crippen molar-refractivity contribution >= 4 is 17.4 Å². The number of alkyl halides is 6. The number of aryl methyl sites for hydroxylation is 1. The number of carbonyl (C=O) groups is 1. The van der Waals surface area contributed by atoms with E-state index in [4.69, 9.17) is 0 Å². The molecule has 1 N–H and O–H groups in total. The number of hydrogen-bond donors (Lipinski definition) is 1. The second kappa shape index (κ2) is 6.79. The number of halogens is 6. The lowest BCUT2D eigenvalue weighted by Crippen LogP contribution is -2.38. The molecule has 2 aromatic rings. The van der Waals surface area contributed by atoms with E-state index in [-0.39, 0.29) is 6.07 Å². The summed E-state index contributed by atoms with van der Waals surface area (Å²) in [6, 6.07) is 7.22. The first-order chi connectivity index (χ1) is 12.6. The Morgan fingerprint density at radius 2 is 1.52 bits per heavy atom. The molecule has 0 saturated carbocycles. The van der Waals surface area contributed by atoms with Gasteiger partial charge in [0.2, 0.25) is 0 Å². The highest BCUT2D eigenvalue weighted by atomic mass is 19.4. The molecule has 0 aromatic heterocycles. The highest BCUT2D eigenvalue weighted by Gasteiger charge is 2.37. The average molecular weight is 388 g/mol. The molecular weight excluding hydrogens is 374 g/mol. The maximum absolute atomic E-state index is 12.9. The Kier molecular flexibility index (Phi) is 4.79. The van der Waals surface area contributed by atoms with Crippen molar-refractivity contribution in [3.05, 3.63) is 59.2 Å². The van der Waals surface area contributed by atoms with Gasteiger partial charge in [-0.3, -0.25) is 4.90 Å². The number of carbonyl (C=O) groups excluding carboxylic acids is 1. The largest absolute Gasteiger partial charge is 0.416 e. The molecule has 3 nitrogen and oxygen atoms in total. The lowest BCUT2D eigenvalue weighted by atomic mass is 10.0. The summed E-state index contributed by atoms with van der Waals surface area (Å²) in [7, 11) is 0. The molecular formula is C18H14F6N2O. The van der Waals surface area contributed by atoms with E-state index in [2.05, 4.69) is 5.32 Å². The molecule has 3 rings (SSSR count). The standard InChI is InChI=1S/C18H14F6N2O/c19-17(20,21)12-8-13(18(22,23)24)10-14(9-12)25-16(27)26-7-3-5-11-4-1-2-6-15(11)26/h1-2,4,6,8-10H,3,5,7H2,(H,25,27). The summed E-state index contributed by atoms with van der Waals surface area (Å²) in [5.74, 6) is 0. The van der Waals surface area contributed by atoms with Crippen LogP contribution in [0.25, 0.3) is 0 Å². The highest BCUT2D eigenvalue weighted by Crippen LogP contribution is 2.37. The van der Waals surface area contributed by atoms with Gasteiger partial charge in [-0.25, -0.2) is 4.79 Å². The fourth-order valence-corrected chi connectivity index (χ4v) is 2.96. The van der Waals surface area contributed by atoms with Gasteiger partial charge in [-0.15, -0.1) is 0 Å². The maximum atomic E-state index is 12.9. The van der Waals surface area contributed by atoms with Crippen LogP contribution >= 0.6 is 0 Å². The number of nitrogens with one attached hydrogen (secondary N) is 1. The SMILES string of the molecule is O=C(Nc1cc(C(F)(F)F)cc(C(F)(F)F)c1)N1CCCc2ccccc21. The lowest BCUT2D eigenvalue weighted by molar-refractivity contribution is -0.143. The first-order valence-electron chi connectivity index (χ1n) is 8.01. The van der Waals surface area contributed by atoms with E-state index in [1.54, 1.807) is 18.2 Å². The number of amides is 2. The molecule has 1 aliphatic rings. The first kappa shape index (κ1) is 19.1. The van der Waals surface area contributed by atoms with E-state index in [1.807, 2.05) is 6.07 Å². The molecule has 1 aliphatic heterocycles. The third kappa shape index (κ3) is 4.17. The minimum absolute atomic E-state index is 0.0197. The van der Waals surface area contributed by atoms with Gasteiger partial charge >= 0.3 is 18.4 Å². The van der Waals surface area contributed by atoms with Crippen molar-refractivity contribution in [1.29, 1.82) is 0 Å². The molecule has 0 bridgehead atoms. The van der Waals surface area contributed by atoms with Crippen molar-refractivity contribution in [2.75, 3.05) is 16.8 Å². The van der Waals surface area contributed by atoms with Crippen LogP contribution < -0.4 is 10.2 Å². The van der Waals surface area contributed by atoms with E-state index < -0.39 is 35.2 Å². The summed E-state index contributed by atoms with van der Waals surface area (Å²) in [6.45, 7) is 0.313. The first-order valence-corrected chi connectivity index (χ1v) is 8.01. The van der Waals surface area contributed by atoms with Crippen LogP contribution in [-0.2, 0) is 18.8 Å². The summed E-state index contributed by atoms with van der Waals surface area (Å²) < 4.78 is 77.6. The van der Waals surface area contributed by atoms with Gasteiger partial charge in [0.1, 0.15) is 0 Å². The van der Waals surface area contributed by atoms with Crippen LogP contribution in [0.15, 0.2) is 42.5 Å². The molecule has 0 atom stereocenters. The zero-order valence-corrected chi connectivity index (χ0v) is 13.8. The Hall–Kier alpha value is -2.71. The van der Waals surface area contributed by atoms with Crippen molar-refractivity contribution in [3.8, 4) is 0 Å². The molecule has 0 spiro atoms. The van der Waals surface area contributed by atoms with Crippen molar-refractivity contribution in [2.45, 2.75) is 25.2 Å². The van der Waals surface area contributed by atoms with Crippen LogP contribution in [0.4, 0.5) is 42.5 Å². The molecule has 0 radical (unpaired) electrons. The quantitative estimate of drug-likeness (QED) is 0.624. The van der Waals surface area contributed by atoms with Gasteiger partial charge < -0.3 is 5.32 Å². The molecule has 2 amide bonds. The Morgan fingerprint density at radius 3 is 2.11 bits per heavy atom. The normalized spacial score (nSPS) is 14.7. The predicted molar refractivity (Wildman–Crippen MR) is 87.6 cm³/mol. The van der Waals surface area contributed by atoms with Crippen molar-refractivity contribution in [2.24, 2.45) is 0 Å². The number of benzene rings is 2. The van der Waals surface area contributed by atoms with Gasteiger partial charge in [-0.05, 0) is 42.7 Å². The Bertz CT molecular complexity index is 827. The molecule has 9 heteroatoms. The second-order valence-corrected chi connectivity index (χ2v) is 6.11. The number of rotatable bonds is 1. The topological polar surface area (TPSA) is 32.3 Å². The molecule has 0 unspecified atom stereocenters. The number of hydrogen-bond acceptors (Lipinski definition) is 1. The zero-order valence-electron chi connectivity index (χ0n) is 13.8. The second-order valence-electron chi connectivity index (χ2n) is 6.11. The average Bonchev–Trinajstić information content (AvgIpc) is 2.59. The van der Waals surface area contributed by atoms with Crippen LogP contribution in [0.1, 0.15) is 23.1 Å². The minimum atomic E-state index is -4.97. The van der Waals surface area contributed by atoms with Crippen LogP contribution in [-0.4, -0.2) is 12.6 Å². The monoisotopic (exact) mass is 388 g/mol. The molecule has 2 aromatic carbocycles. The lowest BCUT2D eigenvalue weighted by Gasteiger charge is -2.29. The maximum Gasteiger partial charge on any atom is 0.416 e. The fraction of sp³-hybridized carbons (Fsp3) is 0.278. The summed E-state index contributed by atoms with van der Waals surface area (Å²) in [6.07, 6.45) is -8.57. The van der Waals surface area contributed by atoms with Gasteiger partial charge in [-0.1, -0.05) is 18.2 Å². The van der Waals surface area contributed by atoms with Gasteiger partial charge in [0.15, 0.2) is 0 Å². The van der Waals surface area contributed by atoms with Crippen molar-refractivity contribution < 1.29 is 31.1 Å². The number of urea groups is 1. The number of anilines is 2. The molecule has 0 aliphatic carbocycles. The van der Waals surface area contributed by atoms with Gasteiger partial charge in [-0.2, -0.15) is 26.3 Å². The summed E-state index contributed by atoms with van der Waals surface area (Å²) in [4.78, 5) is 13.8. The third-order valence-corrected chi connectivity index (χ3v) is 4.19. The zero-order chi connectivity index (χ0) is 19.8. The van der Waals surface area contributed by atoms with Crippen molar-refractivity contribution in [3.63, 3.8) is 0 Å². The summed E-state index contributed by atoms with van der Waals surface area (Å²) >= 11 is 0. The molecule has 27 heavy (non-hydrogen) atoms. The minimum Gasteiger partial charge on any atom is -0.308 e.